The van der Waals surface area contributed by atoms with Gasteiger partial charge in [0, 0.05) is 44.1 Å². The fourth-order valence-corrected chi connectivity index (χ4v) is 5.14. The number of rotatable bonds is 11. The number of ketones is 1. The lowest BCUT2D eigenvalue weighted by Crippen LogP contribution is -2.52. The monoisotopic (exact) mass is 703 g/mol. The highest BCUT2D eigenvalue weighted by Crippen LogP contribution is 2.39. The van der Waals surface area contributed by atoms with Crippen LogP contribution in [0.2, 0.25) is 0 Å². The summed E-state index contributed by atoms with van der Waals surface area (Å²) < 4.78 is 24.5. The molecule has 7 N–H and O–H groups in total. The lowest BCUT2D eigenvalue weighted by Gasteiger charge is -2.34. The van der Waals surface area contributed by atoms with Gasteiger partial charge in [0.2, 0.25) is 0 Å². The Hall–Kier alpha value is -4.52. The summed E-state index contributed by atoms with van der Waals surface area (Å²) in [5.41, 5.74) is 5.34. The number of aromatic nitrogens is 4. The average molecular weight is 704 g/mol. The van der Waals surface area contributed by atoms with Gasteiger partial charge in [-0.25, -0.2) is 14.5 Å². The number of Topliss-reactive ketones (excluding diaryl/α,β-unsaturated/α-hetero) is 1. The van der Waals surface area contributed by atoms with Crippen LogP contribution in [0.3, 0.4) is 0 Å². The van der Waals surface area contributed by atoms with Crippen LogP contribution in [0.25, 0.3) is 16.7 Å². The van der Waals surface area contributed by atoms with E-state index in [4.69, 9.17) is 30.3 Å². The van der Waals surface area contributed by atoms with E-state index in [1.54, 1.807) is 46.9 Å². The number of imidazole rings is 1. The fraction of sp³-hybridized carbons (Fsp3) is 0.367. The molecule has 1 aromatic carbocycles. The zero-order chi connectivity index (χ0) is 35.9. The number of carbonyl (C=O) groups is 3. The highest BCUT2D eigenvalue weighted by atomic mass is 31.2. The molecule has 1 fully saturated rings. The molecule has 264 valence electrons. The Morgan fingerprint density at radius 3 is 2.08 bits per heavy atom. The normalized spacial score (nSPS) is 13.6. The lowest BCUT2D eigenvalue weighted by atomic mass is 10.1. The van der Waals surface area contributed by atoms with E-state index >= 15 is 0 Å². The number of nitrogens with two attached hydrogens (primary N) is 1. The number of aliphatic hydroxyl groups excluding tert-OH is 3. The number of piperazine rings is 1. The Labute approximate surface area is 280 Å². The molecule has 2 amide bonds. The van der Waals surface area contributed by atoms with Gasteiger partial charge in [0.05, 0.1) is 60.8 Å². The van der Waals surface area contributed by atoms with Crippen LogP contribution in [0.1, 0.15) is 26.4 Å². The standard InChI is InChI=1S/C26H27N6O8P.C4H11NO3/c1-17-13-31(15-28-17)24-22-21(20(39-2)12-27-24)19(14-32(22)16-40-41(36,37)38)23(33)26(35)30-10-8-29(9-11-30)25(34)18-6-4-3-5-7-18;5-4(1-6,2-7)3-8/h3-7,12-15H,8-11,16H2,1-2H3,(H2,36,37,38);6-8H,1-3,5H2. The molecular weight excluding hydrogens is 665 g/mol. The average Bonchev–Trinajstić information content (AvgIpc) is 3.73. The number of hydrogen-bond acceptors (Lipinski definition) is 12. The van der Waals surface area contributed by atoms with Crippen molar-refractivity contribution in [2.24, 2.45) is 5.73 Å². The molecular formula is C30H38N7O11P. The number of aryl methyl sites for hydroxylation is 1. The molecule has 0 radical (unpaired) electrons. The van der Waals surface area contributed by atoms with E-state index in [-0.39, 0.29) is 60.1 Å². The predicted molar refractivity (Wildman–Crippen MR) is 173 cm³/mol. The van der Waals surface area contributed by atoms with E-state index in [1.807, 2.05) is 6.07 Å². The summed E-state index contributed by atoms with van der Waals surface area (Å²) in [6.07, 6.45) is 5.84. The van der Waals surface area contributed by atoms with Crippen LogP contribution in [0.4, 0.5) is 0 Å². The zero-order valence-electron chi connectivity index (χ0n) is 26.7. The number of phosphoric ester groups is 1. The summed E-state index contributed by atoms with van der Waals surface area (Å²) in [6, 6.07) is 8.80. The van der Waals surface area contributed by atoms with E-state index in [9.17, 15) is 28.7 Å². The highest BCUT2D eigenvalue weighted by molar-refractivity contribution is 7.46. The Bertz CT molecular complexity index is 1820. The van der Waals surface area contributed by atoms with Crippen molar-refractivity contribution in [2.75, 3.05) is 53.1 Å². The van der Waals surface area contributed by atoms with E-state index in [0.29, 0.717) is 11.3 Å². The van der Waals surface area contributed by atoms with E-state index in [0.717, 1.165) is 0 Å². The van der Waals surface area contributed by atoms with Crippen LogP contribution in [-0.2, 0) is 20.6 Å². The maximum absolute atomic E-state index is 13.7. The third-order valence-corrected chi connectivity index (χ3v) is 8.09. The molecule has 1 saturated heterocycles. The summed E-state index contributed by atoms with van der Waals surface area (Å²) in [7, 11) is -3.51. The van der Waals surface area contributed by atoms with Crippen molar-refractivity contribution in [3.63, 3.8) is 0 Å². The van der Waals surface area contributed by atoms with Gasteiger partial charge in [0.15, 0.2) is 5.82 Å². The zero-order valence-corrected chi connectivity index (χ0v) is 27.6. The minimum Gasteiger partial charge on any atom is -0.494 e. The third kappa shape index (κ3) is 8.75. The molecule has 49 heavy (non-hydrogen) atoms. The second kappa shape index (κ2) is 15.8. The van der Waals surface area contributed by atoms with Crippen LogP contribution >= 0.6 is 7.82 Å². The van der Waals surface area contributed by atoms with Gasteiger partial charge in [-0.15, -0.1) is 0 Å². The molecule has 0 atom stereocenters. The van der Waals surface area contributed by atoms with Gasteiger partial charge in [0.1, 0.15) is 18.8 Å². The lowest BCUT2D eigenvalue weighted by molar-refractivity contribution is -0.127. The van der Waals surface area contributed by atoms with E-state index < -0.39 is 51.6 Å². The van der Waals surface area contributed by atoms with Crippen molar-refractivity contribution in [1.82, 2.24) is 28.9 Å². The SMILES string of the molecule is COc1cnc(-n2cnc(C)c2)c2c1c(C(=O)C(=O)N1CCN(C(=O)c3ccccc3)CC1)cn2COP(=O)(O)O.NC(CO)(CO)CO. The van der Waals surface area contributed by atoms with E-state index in [1.165, 1.54) is 35.3 Å². The maximum atomic E-state index is 13.7. The molecule has 19 heteroatoms. The molecule has 0 unspecified atom stereocenters. The van der Waals surface area contributed by atoms with E-state index in [2.05, 4.69) is 9.97 Å². The molecule has 3 aromatic heterocycles. The van der Waals surface area contributed by atoms with Gasteiger partial charge >= 0.3 is 7.82 Å². The van der Waals surface area contributed by atoms with Crippen LogP contribution in [0.15, 0.2) is 55.2 Å². The highest BCUT2D eigenvalue weighted by Gasteiger charge is 2.33. The number of nitrogens with zero attached hydrogens (tertiary/aromatic N) is 6. The fourth-order valence-electron chi connectivity index (χ4n) is 4.87. The van der Waals surface area contributed by atoms with Gasteiger partial charge in [-0.1, -0.05) is 18.2 Å². The molecule has 0 saturated carbocycles. The first-order chi connectivity index (χ1) is 23.3. The Kier molecular flexibility index (Phi) is 12.0. The molecule has 1 aliphatic rings. The minimum absolute atomic E-state index is 0.0561. The molecule has 0 aliphatic carbocycles. The predicted octanol–water partition coefficient (Wildman–Crippen LogP) is -0.566. The number of ether oxygens (including phenoxy) is 1. The molecule has 18 nitrogen and oxygen atoms in total. The number of aliphatic hydroxyl groups is 3. The topological polar surface area (TPSA) is 256 Å². The molecule has 4 aromatic rings. The summed E-state index contributed by atoms with van der Waals surface area (Å²) in [5.74, 6) is -1.35. The summed E-state index contributed by atoms with van der Waals surface area (Å²) in [4.78, 5) is 70.1. The number of phosphoric acid groups is 1. The Morgan fingerprint density at radius 1 is 0.959 bits per heavy atom. The van der Waals surface area contributed by atoms with Crippen LogP contribution in [0.5, 0.6) is 5.75 Å². The van der Waals surface area contributed by atoms with Crippen LogP contribution in [0, 0.1) is 6.92 Å². The van der Waals surface area contributed by atoms with Crippen molar-refractivity contribution < 1.29 is 53.3 Å². The molecule has 4 heterocycles. The van der Waals surface area contributed by atoms with Crippen molar-refractivity contribution in [2.45, 2.75) is 19.2 Å². The van der Waals surface area contributed by atoms with Crippen molar-refractivity contribution in [3.8, 4) is 11.6 Å². The first-order valence-electron chi connectivity index (χ1n) is 14.8. The number of fused-ring (bicyclic) bond motifs is 1. The maximum Gasteiger partial charge on any atom is 0.471 e. The number of methoxy groups -OCH3 is 1. The number of pyridine rings is 1. The Morgan fingerprint density at radius 2 is 1.57 bits per heavy atom. The molecule has 1 aliphatic heterocycles. The van der Waals surface area contributed by atoms with Crippen molar-refractivity contribution in [1.29, 1.82) is 0 Å². The van der Waals surface area contributed by atoms with Gasteiger partial charge < -0.3 is 49.9 Å². The van der Waals surface area contributed by atoms with Gasteiger partial charge in [-0.2, -0.15) is 0 Å². The summed E-state index contributed by atoms with van der Waals surface area (Å²) in [6.45, 7) is 0.735. The first kappa shape index (κ1) is 37.3. The second-order valence-electron chi connectivity index (χ2n) is 11.2. The smallest absolute Gasteiger partial charge is 0.471 e. The van der Waals surface area contributed by atoms with Crippen LogP contribution < -0.4 is 10.5 Å². The summed E-state index contributed by atoms with van der Waals surface area (Å²) in [5, 5.41) is 25.2. The number of benzene rings is 1. The second-order valence-corrected chi connectivity index (χ2v) is 12.4. The summed E-state index contributed by atoms with van der Waals surface area (Å²) >= 11 is 0. The first-order valence-corrected chi connectivity index (χ1v) is 16.3. The van der Waals surface area contributed by atoms with Crippen LogP contribution in [-0.4, -0.2) is 130 Å². The van der Waals surface area contributed by atoms with Crippen molar-refractivity contribution >= 4 is 36.3 Å². The van der Waals surface area contributed by atoms with Gasteiger partial charge in [-0.05, 0) is 19.1 Å². The molecule has 0 bridgehead atoms. The van der Waals surface area contributed by atoms with Crippen molar-refractivity contribution in [3.05, 3.63) is 72.1 Å². The number of hydrogen-bond donors (Lipinski definition) is 6. The van der Waals surface area contributed by atoms with Gasteiger partial charge in [-0.3, -0.25) is 23.5 Å². The largest absolute Gasteiger partial charge is 0.494 e. The third-order valence-electron chi connectivity index (χ3n) is 7.64. The quantitative estimate of drug-likeness (QED) is 0.0650. The Balaban J connectivity index is 0.000000603. The number of amides is 2. The number of carbonyl (C=O) groups excluding carboxylic acids is 3. The van der Waals surface area contributed by atoms with Gasteiger partial charge in [0.25, 0.3) is 17.6 Å². The molecule has 0 spiro atoms. The molecule has 5 rings (SSSR count). The minimum atomic E-state index is -4.89.